The lowest BCUT2D eigenvalue weighted by Gasteiger charge is -2.11. The first-order valence-corrected chi connectivity index (χ1v) is 10.3. The van der Waals surface area contributed by atoms with E-state index in [0.717, 1.165) is 16.8 Å². The molecule has 5 aromatic rings. The Balaban J connectivity index is 1.78. The van der Waals surface area contributed by atoms with Gasteiger partial charge in [-0.3, -0.25) is 9.59 Å². The van der Waals surface area contributed by atoms with Crippen LogP contribution in [0.25, 0.3) is 28.0 Å². The largest absolute Gasteiger partial charge is 0.455 e. The molecular weight excluding hydrogens is 400 g/mol. The molecule has 3 aromatic carbocycles. The van der Waals surface area contributed by atoms with Gasteiger partial charge in [0.15, 0.2) is 0 Å². The second-order valence-corrected chi connectivity index (χ2v) is 7.85. The number of carbonyl (C=O) groups excluding carboxylic acids is 1. The molecule has 5 nitrogen and oxygen atoms in total. The predicted octanol–water partition coefficient (Wildman–Crippen LogP) is 5.49. The Bertz CT molecular complexity index is 1490. The van der Waals surface area contributed by atoms with Gasteiger partial charge in [0.1, 0.15) is 16.9 Å². The molecule has 0 atom stereocenters. The molecule has 156 valence electrons. The van der Waals surface area contributed by atoms with Crippen molar-refractivity contribution in [1.29, 1.82) is 0 Å². The highest BCUT2D eigenvalue weighted by atomic mass is 16.3. The number of fused-ring (bicyclic) bond motifs is 1. The Morgan fingerprint density at radius 1 is 0.906 bits per heavy atom. The van der Waals surface area contributed by atoms with Crippen molar-refractivity contribution in [1.82, 2.24) is 9.55 Å². The number of hydrogen-bond acceptors (Lipinski definition) is 4. The van der Waals surface area contributed by atoms with Gasteiger partial charge in [-0.25, -0.2) is 4.98 Å². The van der Waals surface area contributed by atoms with E-state index in [0.29, 0.717) is 22.1 Å². The van der Waals surface area contributed by atoms with E-state index in [1.165, 1.54) is 0 Å². The van der Waals surface area contributed by atoms with Gasteiger partial charge in [-0.05, 0) is 26.0 Å². The number of aryl methyl sites for hydroxylation is 2. The Hall–Kier alpha value is -4.25. The standard InChI is InChI=1S/C27H20N2O3/c1-17-3-7-19(8-4-17)25(30)24-26(31)22-12-11-21(29-14-13-28-16-29)15-23(22)32-27(24)20-9-5-18(2)6-10-20/h3-16H,1-2H3. The molecule has 5 rings (SSSR count). The second-order valence-electron chi connectivity index (χ2n) is 7.85. The fraction of sp³-hybridized carbons (Fsp3) is 0.0741. The smallest absolute Gasteiger partial charge is 0.204 e. The van der Waals surface area contributed by atoms with E-state index >= 15 is 0 Å². The Kier molecular flexibility index (Phi) is 4.79. The monoisotopic (exact) mass is 420 g/mol. The predicted molar refractivity (Wildman–Crippen MR) is 124 cm³/mol. The highest BCUT2D eigenvalue weighted by Gasteiger charge is 2.23. The third-order valence-electron chi connectivity index (χ3n) is 5.53. The number of aromatic nitrogens is 2. The topological polar surface area (TPSA) is 65.1 Å². The lowest BCUT2D eigenvalue weighted by Crippen LogP contribution is -2.18. The zero-order chi connectivity index (χ0) is 22.2. The van der Waals surface area contributed by atoms with Gasteiger partial charge >= 0.3 is 0 Å². The molecule has 0 unspecified atom stereocenters. The van der Waals surface area contributed by atoms with Crippen LogP contribution in [0, 0.1) is 13.8 Å². The highest BCUT2D eigenvalue weighted by Crippen LogP contribution is 2.29. The number of rotatable bonds is 4. The highest BCUT2D eigenvalue weighted by molar-refractivity contribution is 6.13. The number of carbonyl (C=O) groups is 1. The lowest BCUT2D eigenvalue weighted by atomic mass is 9.96. The van der Waals surface area contributed by atoms with E-state index < -0.39 is 0 Å². The Morgan fingerprint density at radius 3 is 2.25 bits per heavy atom. The molecule has 0 amide bonds. The van der Waals surface area contributed by atoms with Crippen LogP contribution in [0.1, 0.15) is 27.0 Å². The van der Waals surface area contributed by atoms with E-state index in [4.69, 9.17) is 4.42 Å². The number of ketones is 1. The summed E-state index contributed by atoms with van der Waals surface area (Å²) in [6.45, 7) is 3.93. The van der Waals surface area contributed by atoms with Gasteiger partial charge in [-0.15, -0.1) is 0 Å². The number of benzene rings is 3. The maximum Gasteiger partial charge on any atom is 0.204 e. The van der Waals surface area contributed by atoms with Crippen molar-refractivity contribution in [2.45, 2.75) is 13.8 Å². The van der Waals surface area contributed by atoms with E-state index in [9.17, 15) is 9.59 Å². The SMILES string of the molecule is Cc1ccc(C(=O)c2c(-c3ccc(C)cc3)oc3cc(-n4ccnc4)ccc3c2=O)cc1. The molecular formula is C27H20N2O3. The average Bonchev–Trinajstić information content (AvgIpc) is 3.34. The van der Waals surface area contributed by atoms with Crippen LogP contribution >= 0.6 is 0 Å². The van der Waals surface area contributed by atoms with Crippen LogP contribution in [0.2, 0.25) is 0 Å². The van der Waals surface area contributed by atoms with Crippen LogP contribution in [0.4, 0.5) is 0 Å². The Morgan fingerprint density at radius 2 is 1.59 bits per heavy atom. The summed E-state index contributed by atoms with van der Waals surface area (Å²) >= 11 is 0. The lowest BCUT2D eigenvalue weighted by molar-refractivity contribution is 0.103. The summed E-state index contributed by atoms with van der Waals surface area (Å²) in [6, 6.07) is 20.1. The molecule has 0 saturated heterocycles. The maximum absolute atomic E-state index is 13.6. The molecule has 0 aliphatic rings. The molecule has 0 bridgehead atoms. The summed E-state index contributed by atoms with van der Waals surface area (Å²) in [6.07, 6.45) is 5.17. The molecule has 2 aromatic heterocycles. The fourth-order valence-electron chi connectivity index (χ4n) is 3.72. The molecule has 0 saturated carbocycles. The molecule has 5 heteroatoms. The van der Waals surface area contributed by atoms with Crippen molar-refractivity contribution in [3.63, 3.8) is 0 Å². The van der Waals surface area contributed by atoms with Crippen molar-refractivity contribution < 1.29 is 9.21 Å². The van der Waals surface area contributed by atoms with Crippen molar-refractivity contribution in [3.8, 4) is 17.0 Å². The summed E-state index contributed by atoms with van der Waals surface area (Å²) in [7, 11) is 0. The van der Waals surface area contributed by atoms with Gasteiger partial charge in [0, 0.05) is 29.6 Å². The molecule has 32 heavy (non-hydrogen) atoms. The van der Waals surface area contributed by atoms with Gasteiger partial charge in [-0.1, -0.05) is 59.7 Å². The number of hydrogen-bond donors (Lipinski definition) is 0. The van der Waals surface area contributed by atoms with Gasteiger partial charge < -0.3 is 8.98 Å². The molecule has 0 N–H and O–H groups in total. The molecule has 0 radical (unpaired) electrons. The van der Waals surface area contributed by atoms with Crippen LogP contribution in [-0.4, -0.2) is 15.3 Å². The van der Waals surface area contributed by atoms with E-state index in [2.05, 4.69) is 4.98 Å². The normalized spacial score (nSPS) is 11.1. The van der Waals surface area contributed by atoms with E-state index in [-0.39, 0.29) is 22.5 Å². The molecule has 2 heterocycles. The molecule has 0 fully saturated rings. The third-order valence-corrected chi connectivity index (χ3v) is 5.53. The van der Waals surface area contributed by atoms with Crippen LogP contribution in [0.5, 0.6) is 0 Å². The van der Waals surface area contributed by atoms with Crippen LogP contribution in [0.3, 0.4) is 0 Å². The minimum Gasteiger partial charge on any atom is -0.455 e. The van der Waals surface area contributed by atoms with Crippen LogP contribution in [-0.2, 0) is 0 Å². The zero-order valence-corrected chi connectivity index (χ0v) is 17.7. The maximum atomic E-state index is 13.6. The van der Waals surface area contributed by atoms with Gasteiger partial charge in [0.25, 0.3) is 0 Å². The Labute approximate surface area is 184 Å². The summed E-state index contributed by atoms with van der Waals surface area (Å²) < 4.78 is 8.08. The fourth-order valence-corrected chi connectivity index (χ4v) is 3.72. The molecule has 0 aliphatic heterocycles. The van der Waals surface area contributed by atoms with Crippen molar-refractivity contribution in [2.24, 2.45) is 0 Å². The van der Waals surface area contributed by atoms with Crippen LogP contribution in [0.15, 0.2) is 94.7 Å². The van der Waals surface area contributed by atoms with E-state index in [1.807, 2.05) is 67.1 Å². The summed E-state index contributed by atoms with van der Waals surface area (Å²) in [5.74, 6) is -0.0780. The van der Waals surface area contributed by atoms with Crippen LogP contribution < -0.4 is 5.43 Å². The van der Waals surface area contributed by atoms with Crippen molar-refractivity contribution in [3.05, 3.63) is 118 Å². The van der Waals surface area contributed by atoms with Crippen molar-refractivity contribution >= 4 is 16.8 Å². The number of nitrogens with zero attached hydrogens (tertiary/aromatic N) is 2. The third kappa shape index (κ3) is 3.44. The van der Waals surface area contributed by atoms with E-state index in [1.54, 1.807) is 36.8 Å². The zero-order valence-electron chi connectivity index (χ0n) is 17.7. The average molecular weight is 420 g/mol. The first kappa shape index (κ1) is 19.7. The number of imidazole rings is 1. The first-order valence-electron chi connectivity index (χ1n) is 10.3. The van der Waals surface area contributed by atoms with Crippen molar-refractivity contribution in [2.75, 3.05) is 0 Å². The molecule has 0 aliphatic carbocycles. The van der Waals surface area contributed by atoms with Gasteiger partial charge in [0.2, 0.25) is 11.2 Å². The minimum atomic E-state index is -0.352. The van der Waals surface area contributed by atoms with Gasteiger partial charge in [0.05, 0.1) is 17.4 Å². The first-order chi connectivity index (χ1) is 15.5. The summed E-state index contributed by atoms with van der Waals surface area (Å²) in [5.41, 5.74) is 4.17. The second kappa shape index (κ2) is 7.78. The summed E-state index contributed by atoms with van der Waals surface area (Å²) in [5, 5.41) is 0.361. The summed E-state index contributed by atoms with van der Waals surface area (Å²) in [4.78, 5) is 31.1. The quantitative estimate of drug-likeness (QED) is 0.361. The van der Waals surface area contributed by atoms with Gasteiger partial charge in [-0.2, -0.15) is 0 Å². The molecule has 0 spiro atoms. The minimum absolute atomic E-state index is 0.0422.